The Morgan fingerprint density at radius 1 is 1.35 bits per heavy atom. The number of aromatic nitrogens is 2. The lowest BCUT2D eigenvalue weighted by atomic mass is 10.2. The van der Waals surface area contributed by atoms with Crippen LogP contribution in [0.2, 0.25) is 0 Å². The molecule has 1 aliphatic rings. The number of carboxylic acid groups (broad SMARTS) is 1. The van der Waals surface area contributed by atoms with Crippen LogP contribution in [0.25, 0.3) is 11.0 Å². The number of anilines is 1. The largest absolute Gasteiger partial charge is 0.477 e. The van der Waals surface area contributed by atoms with Gasteiger partial charge < -0.3 is 19.5 Å². The first-order valence-electron chi connectivity index (χ1n) is 8.35. The number of aryl methyl sites for hydroxylation is 1. The van der Waals surface area contributed by atoms with Crippen LogP contribution in [0.4, 0.5) is 10.2 Å². The molecule has 9 heteroatoms. The number of pyridine rings is 2. The molecular weight excluding hydrogens is 341 g/mol. The van der Waals surface area contributed by atoms with E-state index in [-0.39, 0.29) is 16.9 Å². The van der Waals surface area contributed by atoms with Crippen LogP contribution >= 0.6 is 0 Å². The molecule has 0 amide bonds. The second-order valence-corrected chi connectivity index (χ2v) is 6.19. The van der Waals surface area contributed by atoms with Gasteiger partial charge in [-0.05, 0) is 19.9 Å². The molecular formula is C17H20FN5O3. The number of rotatable bonds is 3. The molecule has 0 unspecified atom stereocenters. The predicted octanol–water partition coefficient (Wildman–Crippen LogP) is 1.37. The minimum absolute atomic E-state index is 0.0398. The van der Waals surface area contributed by atoms with Gasteiger partial charge >= 0.3 is 5.97 Å². The van der Waals surface area contributed by atoms with E-state index < -0.39 is 22.8 Å². The van der Waals surface area contributed by atoms with Crippen molar-refractivity contribution < 1.29 is 14.3 Å². The fourth-order valence-electron chi connectivity index (χ4n) is 3.15. The summed E-state index contributed by atoms with van der Waals surface area (Å²) in [5.74, 6) is -1.39. The van der Waals surface area contributed by atoms with Crippen molar-refractivity contribution in [1.82, 2.24) is 14.5 Å². The van der Waals surface area contributed by atoms with E-state index in [1.54, 1.807) is 23.3 Å². The Balaban J connectivity index is 2.08. The van der Waals surface area contributed by atoms with E-state index in [1.165, 1.54) is 6.20 Å². The van der Waals surface area contributed by atoms with Gasteiger partial charge in [0.15, 0.2) is 11.6 Å². The van der Waals surface area contributed by atoms with Gasteiger partial charge in [0.2, 0.25) is 5.43 Å². The number of halogens is 1. The van der Waals surface area contributed by atoms with E-state index in [9.17, 15) is 19.1 Å². The number of aromatic carboxylic acids is 1. The highest BCUT2D eigenvalue weighted by Gasteiger charge is 2.23. The molecule has 2 aromatic heterocycles. The molecule has 1 fully saturated rings. The Hall–Kier alpha value is -2.97. The highest BCUT2D eigenvalue weighted by atomic mass is 19.1. The Labute approximate surface area is 149 Å². The Morgan fingerprint density at radius 2 is 2.00 bits per heavy atom. The summed E-state index contributed by atoms with van der Waals surface area (Å²) in [5, 5.41) is 16.8. The minimum atomic E-state index is -1.35. The first-order chi connectivity index (χ1) is 12.3. The number of nitrogens with zero attached hydrogens (tertiary/aromatic N) is 4. The molecule has 26 heavy (non-hydrogen) atoms. The van der Waals surface area contributed by atoms with Crippen molar-refractivity contribution in [2.75, 3.05) is 31.1 Å². The molecule has 0 aromatic carbocycles. The molecule has 0 saturated carbocycles. The van der Waals surface area contributed by atoms with E-state index in [0.29, 0.717) is 38.6 Å². The van der Waals surface area contributed by atoms with Crippen molar-refractivity contribution in [2.45, 2.75) is 20.4 Å². The number of piperazine rings is 1. The number of fused-ring (bicyclic) bond motifs is 1. The van der Waals surface area contributed by atoms with Crippen molar-refractivity contribution in [1.29, 1.82) is 5.41 Å². The Kier molecular flexibility index (Phi) is 4.62. The number of hydrogen-bond acceptors (Lipinski definition) is 5. The maximum absolute atomic E-state index is 14.7. The van der Waals surface area contributed by atoms with Crippen LogP contribution in [0.5, 0.6) is 0 Å². The van der Waals surface area contributed by atoms with Gasteiger partial charge in [0.1, 0.15) is 11.2 Å². The molecule has 3 rings (SSSR count). The van der Waals surface area contributed by atoms with Crippen molar-refractivity contribution in [3.8, 4) is 0 Å². The Bertz CT molecular complexity index is 948. The molecule has 0 spiro atoms. The monoisotopic (exact) mass is 361 g/mol. The molecule has 138 valence electrons. The standard InChI is InChI=1S/C17H20FN5O3/c1-3-21-9-12(17(25)26)14(24)11-8-13(18)16(20-15(11)21)23-6-4-22(5-7-23)10(2)19/h8-9,19H,3-7H2,1-2H3,(H,25,26). The summed E-state index contributed by atoms with van der Waals surface area (Å²) in [7, 11) is 0. The molecule has 1 aliphatic heterocycles. The summed E-state index contributed by atoms with van der Waals surface area (Å²) < 4.78 is 16.2. The molecule has 0 aliphatic carbocycles. The summed E-state index contributed by atoms with van der Waals surface area (Å²) >= 11 is 0. The summed E-state index contributed by atoms with van der Waals surface area (Å²) in [6, 6.07) is 1.08. The maximum atomic E-state index is 14.7. The average Bonchev–Trinajstić information content (AvgIpc) is 2.62. The Morgan fingerprint density at radius 3 is 2.54 bits per heavy atom. The molecule has 2 N–H and O–H groups in total. The van der Waals surface area contributed by atoms with Crippen LogP contribution < -0.4 is 10.3 Å². The second kappa shape index (κ2) is 6.74. The minimum Gasteiger partial charge on any atom is -0.477 e. The van der Waals surface area contributed by atoms with E-state index in [0.717, 1.165) is 6.07 Å². The van der Waals surface area contributed by atoms with E-state index in [2.05, 4.69) is 4.98 Å². The summed E-state index contributed by atoms with van der Waals surface area (Å²) in [4.78, 5) is 31.6. The van der Waals surface area contributed by atoms with Gasteiger partial charge in [0.05, 0.1) is 11.2 Å². The third-order valence-electron chi connectivity index (χ3n) is 4.61. The quantitative estimate of drug-likeness (QED) is 0.632. The van der Waals surface area contributed by atoms with E-state index in [1.807, 2.05) is 4.90 Å². The summed E-state index contributed by atoms with van der Waals surface area (Å²) in [6.45, 7) is 6.11. The SMILES string of the molecule is CCn1cc(C(=O)O)c(=O)c2cc(F)c(N3CCN(C(C)=N)CC3)nc21. The van der Waals surface area contributed by atoms with Crippen molar-refractivity contribution >= 4 is 28.7 Å². The lowest BCUT2D eigenvalue weighted by Crippen LogP contribution is -2.48. The van der Waals surface area contributed by atoms with E-state index >= 15 is 0 Å². The molecule has 0 bridgehead atoms. The lowest BCUT2D eigenvalue weighted by Gasteiger charge is -2.36. The van der Waals surface area contributed by atoms with Gasteiger partial charge in [-0.15, -0.1) is 0 Å². The molecule has 0 atom stereocenters. The number of nitrogens with one attached hydrogen (secondary N) is 1. The van der Waals surface area contributed by atoms with Crippen LogP contribution in [0.15, 0.2) is 17.1 Å². The third-order valence-corrected chi connectivity index (χ3v) is 4.61. The lowest BCUT2D eigenvalue weighted by molar-refractivity contribution is 0.0695. The van der Waals surface area contributed by atoms with Gasteiger partial charge in [-0.2, -0.15) is 0 Å². The molecule has 3 heterocycles. The molecule has 0 radical (unpaired) electrons. The highest BCUT2D eigenvalue weighted by Crippen LogP contribution is 2.22. The molecule has 1 saturated heterocycles. The summed E-state index contributed by atoms with van der Waals surface area (Å²) in [5.41, 5.74) is -0.868. The predicted molar refractivity (Wildman–Crippen MR) is 95.8 cm³/mol. The second-order valence-electron chi connectivity index (χ2n) is 6.19. The van der Waals surface area contributed by atoms with Crippen molar-refractivity contribution in [3.05, 3.63) is 33.9 Å². The number of carboxylic acids is 1. The summed E-state index contributed by atoms with van der Waals surface area (Å²) in [6.07, 6.45) is 1.25. The van der Waals surface area contributed by atoms with E-state index in [4.69, 9.17) is 5.41 Å². The zero-order valence-electron chi connectivity index (χ0n) is 14.6. The molecule has 8 nitrogen and oxygen atoms in total. The zero-order chi connectivity index (χ0) is 19.0. The fourth-order valence-corrected chi connectivity index (χ4v) is 3.15. The van der Waals surface area contributed by atoms with Gasteiger partial charge in [-0.1, -0.05) is 0 Å². The first-order valence-corrected chi connectivity index (χ1v) is 8.35. The maximum Gasteiger partial charge on any atom is 0.341 e. The van der Waals surface area contributed by atoms with Crippen LogP contribution in [0.3, 0.4) is 0 Å². The zero-order valence-corrected chi connectivity index (χ0v) is 14.6. The fraction of sp³-hybridized carbons (Fsp3) is 0.412. The van der Waals surface area contributed by atoms with Crippen LogP contribution in [-0.2, 0) is 6.54 Å². The normalized spacial score (nSPS) is 14.7. The van der Waals surface area contributed by atoms with Crippen LogP contribution in [-0.4, -0.2) is 57.5 Å². The average molecular weight is 361 g/mol. The number of amidine groups is 1. The third kappa shape index (κ3) is 3.00. The van der Waals surface area contributed by atoms with Gasteiger partial charge in [0, 0.05) is 38.9 Å². The molecule has 2 aromatic rings. The first kappa shape index (κ1) is 17.8. The number of hydrogen-bond donors (Lipinski definition) is 2. The highest BCUT2D eigenvalue weighted by molar-refractivity contribution is 5.92. The van der Waals surface area contributed by atoms with Crippen LogP contribution in [0.1, 0.15) is 24.2 Å². The van der Waals surface area contributed by atoms with Crippen molar-refractivity contribution in [3.63, 3.8) is 0 Å². The van der Waals surface area contributed by atoms with Crippen molar-refractivity contribution in [2.24, 2.45) is 0 Å². The van der Waals surface area contributed by atoms with Gasteiger partial charge in [-0.3, -0.25) is 10.2 Å². The topological polar surface area (TPSA) is 103 Å². The smallest absolute Gasteiger partial charge is 0.341 e. The van der Waals surface area contributed by atoms with Crippen LogP contribution in [0, 0.1) is 11.2 Å². The van der Waals surface area contributed by atoms with Gasteiger partial charge in [0.25, 0.3) is 0 Å². The van der Waals surface area contributed by atoms with Gasteiger partial charge in [-0.25, -0.2) is 14.2 Å². The number of carbonyl (C=O) groups is 1.